The second kappa shape index (κ2) is 5.25. The molecule has 2 saturated carbocycles. The van der Waals surface area contributed by atoms with Gasteiger partial charge in [0.1, 0.15) is 16.6 Å². The van der Waals surface area contributed by atoms with E-state index in [2.05, 4.69) is 43.3 Å². The van der Waals surface area contributed by atoms with Crippen molar-refractivity contribution in [1.29, 1.82) is 0 Å². The molecule has 104 valence electrons. The van der Waals surface area contributed by atoms with Gasteiger partial charge in [-0.25, -0.2) is 15.8 Å². The Labute approximate surface area is 122 Å². The van der Waals surface area contributed by atoms with E-state index in [1.807, 2.05) is 0 Å². The van der Waals surface area contributed by atoms with Crippen LogP contribution in [0.4, 0.5) is 11.6 Å². The summed E-state index contributed by atoms with van der Waals surface area (Å²) in [6, 6.07) is 0. The number of nitrogens with one attached hydrogen (secondary N) is 1. The van der Waals surface area contributed by atoms with Crippen LogP contribution in [0.5, 0.6) is 0 Å². The van der Waals surface area contributed by atoms with Crippen molar-refractivity contribution in [2.45, 2.75) is 25.7 Å². The van der Waals surface area contributed by atoms with Gasteiger partial charge < -0.3 is 10.3 Å². The summed E-state index contributed by atoms with van der Waals surface area (Å²) in [7, 11) is 2.10. The van der Waals surface area contributed by atoms with Gasteiger partial charge in [-0.05, 0) is 52.9 Å². The Morgan fingerprint density at radius 1 is 1.42 bits per heavy atom. The lowest BCUT2D eigenvalue weighted by molar-refractivity contribution is 0.337. The molecule has 2 fully saturated rings. The maximum Gasteiger partial charge on any atom is 0.159 e. The Bertz CT molecular complexity index is 466. The minimum atomic E-state index is 0.629. The van der Waals surface area contributed by atoms with Crippen LogP contribution in [0.15, 0.2) is 10.8 Å². The van der Waals surface area contributed by atoms with Crippen LogP contribution in [0.3, 0.4) is 0 Å². The van der Waals surface area contributed by atoms with E-state index in [9.17, 15) is 0 Å². The van der Waals surface area contributed by atoms with E-state index >= 15 is 0 Å². The Morgan fingerprint density at radius 2 is 2.26 bits per heavy atom. The molecule has 1 aromatic rings. The van der Waals surface area contributed by atoms with Crippen molar-refractivity contribution in [1.82, 2.24) is 9.97 Å². The average Bonchev–Trinajstić information content (AvgIpc) is 3.01. The normalized spacial score (nSPS) is 28.7. The van der Waals surface area contributed by atoms with Crippen molar-refractivity contribution in [2.75, 3.05) is 23.9 Å². The van der Waals surface area contributed by atoms with Crippen LogP contribution < -0.4 is 16.2 Å². The van der Waals surface area contributed by atoms with Gasteiger partial charge in [-0.15, -0.1) is 0 Å². The van der Waals surface area contributed by atoms with Crippen LogP contribution in [0.1, 0.15) is 25.7 Å². The molecule has 1 heterocycles. The van der Waals surface area contributed by atoms with Crippen molar-refractivity contribution in [3.8, 4) is 0 Å². The lowest BCUT2D eigenvalue weighted by atomic mass is 9.88. The topological polar surface area (TPSA) is 67.1 Å². The minimum Gasteiger partial charge on any atom is -0.358 e. The zero-order valence-corrected chi connectivity index (χ0v) is 12.7. The number of nitrogen functional groups attached to an aromatic ring is 1. The van der Waals surface area contributed by atoms with Crippen LogP contribution >= 0.6 is 15.9 Å². The van der Waals surface area contributed by atoms with Crippen molar-refractivity contribution >= 4 is 27.6 Å². The lowest BCUT2D eigenvalue weighted by Crippen LogP contribution is -2.29. The fourth-order valence-corrected chi connectivity index (χ4v) is 4.39. The van der Waals surface area contributed by atoms with E-state index in [4.69, 9.17) is 5.84 Å². The third kappa shape index (κ3) is 2.43. The van der Waals surface area contributed by atoms with Gasteiger partial charge in [-0.1, -0.05) is 6.42 Å². The van der Waals surface area contributed by atoms with Crippen LogP contribution in [-0.4, -0.2) is 23.6 Å². The molecule has 0 saturated heterocycles. The van der Waals surface area contributed by atoms with Crippen LogP contribution in [-0.2, 0) is 0 Å². The highest BCUT2D eigenvalue weighted by Gasteiger charge is 2.39. The zero-order chi connectivity index (χ0) is 13.4. The second-order valence-corrected chi connectivity index (χ2v) is 6.61. The molecule has 6 heteroatoms. The maximum atomic E-state index is 5.44. The van der Waals surface area contributed by atoms with E-state index < -0.39 is 0 Å². The number of fused-ring (bicyclic) bond motifs is 2. The van der Waals surface area contributed by atoms with Crippen molar-refractivity contribution < 1.29 is 0 Å². The standard InChI is InChI=1S/C13H20BrN5/c1-19(6-10-5-8-2-3-9(10)4-8)13-11(14)12(18-15)16-7-17-13/h7-10H,2-6,15H2,1H3,(H,16,17,18). The number of nitrogens with two attached hydrogens (primary N) is 1. The first-order valence-electron chi connectivity index (χ1n) is 6.87. The molecular weight excluding hydrogens is 306 g/mol. The maximum absolute atomic E-state index is 5.44. The van der Waals surface area contributed by atoms with Crippen molar-refractivity contribution in [2.24, 2.45) is 23.6 Å². The molecule has 0 radical (unpaired) electrons. The minimum absolute atomic E-state index is 0.629. The van der Waals surface area contributed by atoms with Gasteiger partial charge in [0.15, 0.2) is 5.82 Å². The summed E-state index contributed by atoms with van der Waals surface area (Å²) in [5, 5.41) is 0. The number of aromatic nitrogens is 2. The highest BCUT2D eigenvalue weighted by Crippen LogP contribution is 2.48. The third-order valence-electron chi connectivity index (χ3n) is 4.66. The number of nitrogens with zero attached hydrogens (tertiary/aromatic N) is 3. The summed E-state index contributed by atoms with van der Waals surface area (Å²) in [5.41, 5.74) is 2.59. The predicted molar refractivity (Wildman–Crippen MR) is 79.8 cm³/mol. The van der Waals surface area contributed by atoms with E-state index in [1.54, 1.807) is 6.33 Å². The first-order chi connectivity index (χ1) is 9.19. The molecule has 2 bridgehead atoms. The molecule has 3 rings (SSSR count). The SMILES string of the molecule is CN(CC1CC2CCC1C2)c1ncnc(NN)c1Br. The van der Waals surface area contributed by atoms with Gasteiger partial charge in [0.2, 0.25) is 0 Å². The number of halogens is 1. The van der Waals surface area contributed by atoms with Gasteiger partial charge in [-0.2, -0.15) is 0 Å². The summed E-state index contributed by atoms with van der Waals surface area (Å²) in [4.78, 5) is 10.7. The molecule has 1 aromatic heterocycles. The monoisotopic (exact) mass is 325 g/mol. The first kappa shape index (κ1) is 13.1. The highest BCUT2D eigenvalue weighted by atomic mass is 79.9. The van der Waals surface area contributed by atoms with E-state index in [0.717, 1.165) is 34.6 Å². The van der Waals surface area contributed by atoms with E-state index in [1.165, 1.54) is 25.7 Å². The quantitative estimate of drug-likeness (QED) is 0.657. The molecule has 3 unspecified atom stereocenters. The van der Waals surface area contributed by atoms with Crippen LogP contribution in [0.2, 0.25) is 0 Å². The molecule has 2 aliphatic carbocycles. The highest BCUT2D eigenvalue weighted by molar-refractivity contribution is 9.10. The Kier molecular flexibility index (Phi) is 3.62. The van der Waals surface area contributed by atoms with Crippen LogP contribution in [0.25, 0.3) is 0 Å². The van der Waals surface area contributed by atoms with Crippen molar-refractivity contribution in [3.05, 3.63) is 10.8 Å². The Hall–Kier alpha value is -0.880. The second-order valence-electron chi connectivity index (χ2n) is 5.82. The number of rotatable bonds is 4. The van der Waals surface area contributed by atoms with Crippen LogP contribution in [0, 0.1) is 17.8 Å². The third-order valence-corrected chi connectivity index (χ3v) is 5.39. The van der Waals surface area contributed by atoms with E-state index in [0.29, 0.717) is 5.82 Å². The first-order valence-corrected chi connectivity index (χ1v) is 7.66. The molecule has 5 nitrogen and oxygen atoms in total. The Balaban J connectivity index is 1.72. The summed E-state index contributed by atoms with van der Waals surface area (Å²) in [6.07, 6.45) is 7.25. The Morgan fingerprint density at radius 3 is 2.89 bits per heavy atom. The molecular formula is C13H20BrN5. The zero-order valence-electron chi connectivity index (χ0n) is 11.1. The van der Waals surface area contributed by atoms with Gasteiger partial charge in [0.25, 0.3) is 0 Å². The fraction of sp³-hybridized carbons (Fsp3) is 0.692. The van der Waals surface area contributed by atoms with Gasteiger partial charge in [0.05, 0.1) is 0 Å². The average molecular weight is 326 g/mol. The van der Waals surface area contributed by atoms with Gasteiger partial charge in [-0.3, -0.25) is 0 Å². The summed E-state index contributed by atoms with van der Waals surface area (Å²) >= 11 is 3.52. The summed E-state index contributed by atoms with van der Waals surface area (Å²) < 4.78 is 0.836. The molecule has 2 aliphatic rings. The van der Waals surface area contributed by atoms with Gasteiger partial charge in [0, 0.05) is 13.6 Å². The smallest absolute Gasteiger partial charge is 0.159 e. The predicted octanol–water partition coefficient (Wildman–Crippen LogP) is 2.40. The number of hydrazine groups is 1. The number of hydrogen-bond donors (Lipinski definition) is 2. The summed E-state index contributed by atoms with van der Waals surface area (Å²) in [5.74, 6) is 9.72. The number of anilines is 2. The molecule has 0 amide bonds. The lowest BCUT2D eigenvalue weighted by Gasteiger charge is -2.28. The van der Waals surface area contributed by atoms with Gasteiger partial charge >= 0.3 is 0 Å². The molecule has 19 heavy (non-hydrogen) atoms. The summed E-state index contributed by atoms with van der Waals surface area (Å²) in [6.45, 7) is 1.07. The molecule has 0 aliphatic heterocycles. The molecule has 0 aromatic carbocycles. The largest absolute Gasteiger partial charge is 0.358 e. The fourth-order valence-electron chi connectivity index (χ4n) is 3.77. The van der Waals surface area contributed by atoms with Crippen molar-refractivity contribution in [3.63, 3.8) is 0 Å². The molecule has 0 spiro atoms. The molecule has 3 N–H and O–H groups in total. The number of hydrogen-bond acceptors (Lipinski definition) is 5. The van der Waals surface area contributed by atoms with E-state index in [-0.39, 0.29) is 0 Å². The molecule has 3 atom stereocenters.